The molecule has 0 radical (unpaired) electrons. The van der Waals surface area contributed by atoms with Crippen LogP contribution in [0.3, 0.4) is 0 Å². The lowest BCUT2D eigenvalue weighted by Gasteiger charge is -2.39. The summed E-state index contributed by atoms with van der Waals surface area (Å²) in [5.41, 5.74) is 21.8. The van der Waals surface area contributed by atoms with Crippen LogP contribution in [0.1, 0.15) is 27.8 Å². The van der Waals surface area contributed by atoms with Crippen molar-refractivity contribution in [1.29, 1.82) is 0 Å². The molecule has 0 heteroatoms. The van der Waals surface area contributed by atoms with Gasteiger partial charge in [-0.05, 0) is 106 Å². The fraction of sp³-hybridized carbons (Fsp3) is 0.127. The topological polar surface area (TPSA) is 0 Å². The van der Waals surface area contributed by atoms with Crippen LogP contribution in [-0.4, -0.2) is 0 Å². The molecular weight excluding hydrogens is 853 g/mol. The second-order valence-electron chi connectivity index (χ2n) is 20.8. The van der Waals surface area contributed by atoms with Gasteiger partial charge in [-0.1, -0.05) is 261 Å². The van der Waals surface area contributed by atoms with Crippen LogP contribution in [0.15, 0.2) is 295 Å². The van der Waals surface area contributed by atoms with Crippen LogP contribution in [0.25, 0.3) is 33.4 Å². The van der Waals surface area contributed by atoms with Gasteiger partial charge in [0.15, 0.2) is 0 Å². The number of hydrogen-bond acceptors (Lipinski definition) is 0. The molecule has 8 atom stereocenters. The van der Waals surface area contributed by atoms with Crippen molar-refractivity contribution in [3.05, 3.63) is 333 Å². The van der Waals surface area contributed by atoms with E-state index in [4.69, 9.17) is 0 Å². The molecule has 0 heterocycles. The maximum Gasteiger partial charge on any atom is 0.0725 e. The van der Waals surface area contributed by atoms with E-state index in [1.807, 2.05) is 0 Å². The minimum Gasteiger partial charge on any atom is -0.0767 e. The zero-order valence-corrected chi connectivity index (χ0v) is 39.5. The van der Waals surface area contributed by atoms with E-state index in [0.717, 1.165) is 0 Å². The minimum absolute atomic E-state index is 0.178. The Labute approximate surface area is 417 Å². The van der Waals surface area contributed by atoms with E-state index in [2.05, 4.69) is 267 Å². The molecule has 1 spiro atoms. The van der Waals surface area contributed by atoms with Gasteiger partial charge in [-0.3, -0.25) is 0 Å². The molecule has 0 saturated heterocycles. The first-order valence-electron chi connectivity index (χ1n) is 25.8. The third-order valence-electron chi connectivity index (χ3n) is 17.5. The Morgan fingerprint density at radius 1 is 0.310 bits per heavy atom. The molecule has 71 heavy (non-hydrogen) atoms. The summed E-state index contributed by atoms with van der Waals surface area (Å²) in [5.74, 6) is 2.28. The minimum atomic E-state index is -0.387. The van der Waals surface area contributed by atoms with Crippen molar-refractivity contribution >= 4 is 11.1 Å². The number of allylic oxidation sites excluding steroid dienone is 30. The first-order valence-corrected chi connectivity index (χ1v) is 25.8. The van der Waals surface area contributed by atoms with E-state index in [-0.39, 0.29) is 29.1 Å². The molecule has 0 aromatic heterocycles. The fourth-order valence-electron chi connectivity index (χ4n) is 14.6. The first kappa shape index (κ1) is 40.8. The lowest BCUT2D eigenvalue weighted by atomic mass is 9.64. The van der Waals surface area contributed by atoms with E-state index < -0.39 is 0 Å². The van der Waals surface area contributed by atoms with Crippen LogP contribution in [0.2, 0.25) is 0 Å². The van der Waals surface area contributed by atoms with Crippen molar-refractivity contribution in [2.24, 2.45) is 47.3 Å². The molecule has 0 fully saturated rings. The van der Waals surface area contributed by atoms with Gasteiger partial charge < -0.3 is 0 Å². The molecule has 10 aliphatic rings. The van der Waals surface area contributed by atoms with Crippen molar-refractivity contribution in [2.75, 3.05) is 0 Å². The molecule has 15 rings (SSSR count). The predicted molar refractivity (Wildman–Crippen MR) is 294 cm³/mol. The Hall–Kier alpha value is -8.06. The van der Waals surface area contributed by atoms with Crippen LogP contribution >= 0.6 is 0 Å². The van der Waals surface area contributed by atoms with Crippen LogP contribution < -0.4 is 10.4 Å². The summed E-state index contributed by atoms with van der Waals surface area (Å²) in [6, 6.07) is 44.2. The third-order valence-corrected chi connectivity index (χ3v) is 17.5. The molecule has 336 valence electrons. The molecule has 0 N–H and O–H groups in total. The normalized spacial score (nSPS) is 27.6. The highest BCUT2D eigenvalue weighted by Gasteiger charge is 2.52. The van der Waals surface area contributed by atoms with Gasteiger partial charge in [0, 0.05) is 47.3 Å². The number of benzene rings is 5. The van der Waals surface area contributed by atoms with E-state index in [0.29, 0.717) is 23.7 Å². The largest absolute Gasteiger partial charge is 0.0767 e. The van der Waals surface area contributed by atoms with Gasteiger partial charge in [0.05, 0.1) is 5.41 Å². The summed E-state index contributed by atoms with van der Waals surface area (Å²) in [5, 5.41) is 2.70. The first-order chi connectivity index (χ1) is 35.3. The second-order valence-corrected chi connectivity index (χ2v) is 20.8. The van der Waals surface area contributed by atoms with Crippen molar-refractivity contribution < 1.29 is 0 Å². The van der Waals surface area contributed by atoms with Crippen molar-refractivity contribution in [1.82, 2.24) is 0 Å². The van der Waals surface area contributed by atoms with Gasteiger partial charge >= 0.3 is 0 Å². The molecule has 0 bridgehead atoms. The molecule has 8 unspecified atom stereocenters. The Morgan fingerprint density at radius 2 is 0.746 bits per heavy atom. The second kappa shape index (κ2) is 16.0. The quantitative estimate of drug-likeness (QED) is 0.161. The molecule has 10 aliphatic carbocycles. The lowest BCUT2D eigenvalue weighted by molar-refractivity contribution is 0.563. The summed E-state index contributed by atoms with van der Waals surface area (Å²) in [6.07, 6.45) is 59.0. The average molecular weight is 905 g/mol. The van der Waals surface area contributed by atoms with Gasteiger partial charge in [-0.2, -0.15) is 0 Å². The Balaban J connectivity index is 0.861. The predicted octanol–water partition coefficient (Wildman–Crippen LogP) is 14.6. The van der Waals surface area contributed by atoms with Crippen molar-refractivity contribution in [3.8, 4) is 22.3 Å². The molecule has 0 aliphatic heterocycles. The monoisotopic (exact) mass is 904 g/mol. The van der Waals surface area contributed by atoms with Gasteiger partial charge in [-0.25, -0.2) is 0 Å². The van der Waals surface area contributed by atoms with Gasteiger partial charge in [-0.15, -0.1) is 0 Å². The van der Waals surface area contributed by atoms with Crippen LogP contribution in [-0.2, 0) is 5.41 Å². The Bertz CT molecular complexity index is 3740. The molecule has 5 aromatic rings. The van der Waals surface area contributed by atoms with Crippen LogP contribution in [0.5, 0.6) is 0 Å². The Kier molecular flexibility index (Phi) is 9.19. The standard InChI is InChI=1S/C71H52/c1-2-20-49-45(18-1)19-17-32-53(49)55-41-38-46(50-21-3-5-23-52(50)55)36-37-47-39-43-64(54-24-6-4-22-51(47)54)70-62-30-9-7-28-60(62)69(61-29-8-10-31-63(61)70)48-40-42-59-58-27-13-16-35-67(58)71(68(59)44-48)65-33-14-11-25-56(65)57-26-12-15-34-66(57)71/h1-45,49-52,54,60,62H. The highest BCUT2D eigenvalue weighted by atomic mass is 14.5. The van der Waals surface area contributed by atoms with E-state index in [1.165, 1.54) is 99.5 Å². The summed E-state index contributed by atoms with van der Waals surface area (Å²) >= 11 is 0. The molecule has 0 saturated carbocycles. The smallest absolute Gasteiger partial charge is 0.0725 e. The number of rotatable bonds is 5. The summed E-state index contributed by atoms with van der Waals surface area (Å²) in [7, 11) is 0. The van der Waals surface area contributed by atoms with E-state index >= 15 is 0 Å². The maximum atomic E-state index is 2.59. The molecule has 0 nitrogen and oxygen atoms in total. The maximum absolute atomic E-state index is 2.59. The molecule has 5 aromatic carbocycles. The number of hydrogen-bond donors (Lipinski definition) is 0. The zero-order valence-electron chi connectivity index (χ0n) is 39.5. The highest BCUT2D eigenvalue weighted by Crippen LogP contribution is 2.63. The van der Waals surface area contributed by atoms with Crippen LogP contribution in [0, 0.1) is 47.3 Å². The Morgan fingerprint density at radius 3 is 1.37 bits per heavy atom. The van der Waals surface area contributed by atoms with Gasteiger partial charge in [0.25, 0.3) is 0 Å². The van der Waals surface area contributed by atoms with E-state index in [9.17, 15) is 0 Å². The number of fused-ring (bicyclic) bond motifs is 15. The fourth-order valence-corrected chi connectivity index (χ4v) is 14.6. The van der Waals surface area contributed by atoms with Crippen molar-refractivity contribution in [2.45, 2.75) is 5.41 Å². The molecule has 0 amide bonds. The van der Waals surface area contributed by atoms with Crippen molar-refractivity contribution in [3.63, 3.8) is 0 Å². The van der Waals surface area contributed by atoms with Gasteiger partial charge in [0.1, 0.15) is 0 Å². The summed E-state index contributed by atoms with van der Waals surface area (Å²) in [6.45, 7) is 0. The molecular formula is C71H52. The highest BCUT2D eigenvalue weighted by molar-refractivity contribution is 5.96. The van der Waals surface area contributed by atoms with Crippen LogP contribution in [0.4, 0.5) is 0 Å². The summed E-state index contributed by atoms with van der Waals surface area (Å²) in [4.78, 5) is 0. The lowest BCUT2D eigenvalue weighted by Crippen LogP contribution is -2.41. The van der Waals surface area contributed by atoms with Gasteiger partial charge in [0.2, 0.25) is 0 Å². The van der Waals surface area contributed by atoms with E-state index in [1.54, 1.807) is 0 Å². The SMILES string of the molecule is C1=CC2C=CC=C(C3=CC=C(C=CC4=CC=C(C5=c6ccccc6=C(c6ccc7c(c6)C6(c8ccccc8-c8ccccc86)c6ccccc6-7)C6C=CC=CC56)C5C=CC=CC45)C4C=CC=CC34)C2C=C1. The summed E-state index contributed by atoms with van der Waals surface area (Å²) < 4.78 is 0. The average Bonchev–Trinajstić information content (AvgIpc) is 3.92. The third kappa shape index (κ3) is 5.92. The zero-order chi connectivity index (χ0) is 46.6.